The maximum Gasteiger partial charge on any atom is 0.151 e. The predicted octanol–water partition coefficient (Wildman–Crippen LogP) is 7.34. The molecule has 1 N–H and O–H groups in total. The van der Waals surface area contributed by atoms with Gasteiger partial charge in [0.2, 0.25) is 0 Å². The summed E-state index contributed by atoms with van der Waals surface area (Å²) in [5.74, 6) is 0.248. The Bertz CT molecular complexity index is 1660. The van der Waals surface area contributed by atoms with Gasteiger partial charge in [0.25, 0.3) is 0 Å². The second-order valence-corrected chi connectivity index (χ2v) is 7.68. The second kappa shape index (κ2) is 6.92. The van der Waals surface area contributed by atoms with E-state index in [9.17, 15) is 0 Å². The Kier molecular flexibility index (Phi) is 3.93. The zero-order valence-corrected chi connectivity index (χ0v) is 16.7. The summed E-state index contributed by atoms with van der Waals surface area (Å²) < 4.78 is 6.02. The summed E-state index contributed by atoms with van der Waals surface area (Å²) in [6.07, 6.45) is 1.79. The van der Waals surface area contributed by atoms with Gasteiger partial charge in [0, 0.05) is 28.1 Å². The Morgan fingerprint density at radius 1 is 0.645 bits per heavy atom. The molecule has 0 fully saturated rings. The van der Waals surface area contributed by atoms with Crippen molar-refractivity contribution in [3.05, 3.63) is 108 Å². The molecular weight excluding hydrogens is 380 g/mol. The molecule has 0 saturated heterocycles. The maximum absolute atomic E-state index is 8.46. The third-order valence-corrected chi connectivity index (χ3v) is 5.77. The number of amidine groups is 1. The molecule has 0 unspecified atom stereocenters. The normalized spacial score (nSPS) is 11.9. The summed E-state index contributed by atoms with van der Waals surface area (Å²) >= 11 is 0. The fourth-order valence-electron chi connectivity index (χ4n) is 4.18. The number of fused-ring (bicyclic) bond motifs is 5. The molecule has 0 saturated carbocycles. The van der Waals surface area contributed by atoms with Gasteiger partial charge in [-0.1, -0.05) is 72.8 Å². The number of hydrogen-bond acceptors (Lipinski definition) is 2. The van der Waals surface area contributed by atoms with Crippen LogP contribution in [0.15, 0.2) is 106 Å². The fourth-order valence-corrected chi connectivity index (χ4v) is 4.18. The van der Waals surface area contributed by atoms with Gasteiger partial charge in [-0.25, -0.2) is 4.99 Å². The number of aliphatic imine (C=N–C) groups is 1. The van der Waals surface area contributed by atoms with Gasteiger partial charge in [-0.05, 0) is 45.8 Å². The molecule has 3 nitrogen and oxygen atoms in total. The highest BCUT2D eigenvalue weighted by atomic mass is 16.3. The van der Waals surface area contributed by atoms with E-state index in [1.54, 1.807) is 6.21 Å². The largest absolute Gasteiger partial charge is 0.456 e. The van der Waals surface area contributed by atoms with Crippen molar-refractivity contribution in [2.45, 2.75) is 0 Å². The van der Waals surface area contributed by atoms with E-state index in [0.29, 0.717) is 0 Å². The number of hydrogen-bond donors (Lipinski definition) is 1. The maximum atomic E-state index is 8.46. The number of benzene rings is 5. The number of furan rings is 1. The molecule has 3 heteroatoms. The average Bonchev–Trinajstić information content (AvgIpc) is 3.18. The third-order valence-electron chi connectivity index (χ3n) is 5.77. The highest BCUT2D eigenvalue weighted by Gasteiger charge is 2.09. The summed E-state index contributed by atoms with van der Waals surface area (Å²) in [4.78, 5) is 4.49. The predicted molar refractivity (Wildman–Crippen MR) is 130 cm³/mol. The molecule has 0 aliphatic carbocycles. The van der Waals surface area contributed by atoms with Gasteiger partial charge in [0.1, 0.15) is 11.2 Å². The van der Waals surface area contributed by atoms with Crippen molar-refractivity contribution >= 4 is 55.5 Å². The molecule has 6 aromatic rings. The van der Waals surface area contributed by atoms with Gasteiger partial charge in [0.05, 0.1) is 0 Å². The minimum Gasteiger partial charge on any atom is -0.456 e. The van der Waals surface area contributed by atoms with Crippen LogP contribution in [0.3, 0.4) is 0 Å². The molecule has 5 aromatic carbocycles. The van der Waals surface area contributed by atoms with Crippen LogP contribution in [0.25, 0.3) is 43.5 Å². The monoisotopic (exact) mass is 398 g/mol. The van der Waals surface area contributed by atoms with Crippen LogP contribution >= 0.6 is 0 Å². The van der Waals surface area contributed by atoms with Crippen LogP contribution < -0.4 is 0 Å². The van der Waals surface area contributed by atoms with Crippen molar-refractivity contribution in [1.29, 1.82) is 5.41 Å². The topological polar surface area (TPSA) is 49.4 Å². The van der Waals surface area contributed by atoms with Crippen LogP contribution in [0.1, 0.15) is 11.1 Å². The van der Waals surface area contributed by atoms with Crippen molar-refractivity contribution < 1.29 is 4.42 Å². The van der Waals surface area contributed by atoms with Gasteiger partial charge in [-0.2, -0.15) is 0 Å². The van der Waals surface area contributed by atoms with E-state index in [2.05, 4.69) is 41.4 Å². The lowest BCUT2D eigenvalue weighted by Crippen LogP contribution is -1.96. The summed E-state index contributed by atoms with van der Waals surface area (Å²) in [6, 6.07) is 32.6. The fraction of sp³-hybridized carbons (Fsp3) is 0. The van der Waals surface area contributed by atoms with Crippen LogP contribution in [0, 0.1) is 5.41 Å². The summed E-state index contributed by atoms with van der Waals surface area (Å²) in [6.45, 7) is 0. The minimum atomic E-state index is 0.248. The molecule has 6 rings (SSSR count). The molecule has 0 aliphatic rings. The first-order valence-corrected chi connectivity index (χ1v) is 10.2. The Balaban J connectivity index is 1.43. The smallest absolute Gasteiger partial charge is 0.151 e. The van der Waals surface area contributed by atoms with Gasteiger partial charge in [-0.15, -0.1) is 0 Å². The van der Waals surface area contributed by atoms with E-state index in [1.807, 2.05) is 60.7 Å². The third kappa shape index (κ3) is 2.99. The standard InChI is InChI=1S/C28H18N2O/c29-28(21-13-12-18-6-1-2-7-19(18)14-21)30-17-22-9-5-8-20-15-27-25(16-24(20)22)23-10-3-4-11-26(23)31-27/h1-17,29H. The molecular formula is C28H18N2O. The first-order chi connectivity index (χ1) is 15.3. The molecule has 146 valence electrons. The molecule has 1 aromatic heterocycles. The van der Waals surface area contributed by atoms with Gasteiger partial charge in [0.15, 0.2) is 5.84 Å². The van der Waals surface area contributed by atoms with E-state index in [0.717, 1.165) is 54.6 Å². The number of rotatable bonds is 2. The minimum absolute atomic E-state index is 0.248. The van der Waals surface area contributed by atoms with E-state index in [1.165, 1.54) is 0 Å². The summed E-state index contributed by atoms with van der Waals surface area (Å²) in [7, 11) is 0. The molecule has 0 spiro atoms. The van der Waals surface area contributed by atoms with E-state index in [4.69, 9.17) is 9.83 Å². The zero-order chi connectivity index (χ0) is 20.8. The van der Waals surface area contributed by atoms with Crippen molar-refractivity contribution in [1.82, 2.24) is 0 Å². The number of nitrogens with one attached hydrogen (secondary N) is 1. The van der Waals surface area contributed by atoms with E-state index < -0.39 is 0 Å². The summed E-state index contributed by atoms with van der Waals surface area (Å²) in [5, 5.41) is 15.1. The molecule has 0 atom stereocenters. The van der Waals surface area contributed by atoms with Crippen molar-refractivity contribution in [3.63, 3.8) is 0 Å². The van der Waals surface area contributed by atoms with Crippen LogP contribution in [-0.4, -0.2) is 12.1 Å². The van der Waals surface area contributed by atoms with Crippen LogP contribution in [0.4, 0.5) is 0 Å². The van der Waals surface area contributed by atoms with E-state index in [-0.39, 0.29) is 5.84 Å². The van der Waals surface area contributed by atoms with Crippen molar-refractivity contribution in [3.8, 4) is 0 Å². The average molecular weight is 398 g/mol. The summed E-state index contributed by atoms with van der Waals surface area (Å²) in [5.41, 5.74) is 3.56. The molecule has 0 aliphatic heterocycles. The van der Waals surface area contributed by atoms with Crippen molar-refractivity contribution in [2.24, 2.45) is 4.99 Å². The van der Waals surface area contributed by atoms with E-state index >= 15 is 0 Å². The Morgan fingerprint density at radius 2 is 1.45 bits per heavy atom. The Labute approximate surface area is 178 Å². The first-order valence-electron chi connectivity index (χ1n) is 10.2. The number of para-hydroxylation sites is 1. The zero-order valence-electron chi connectivity index (χ0n) is 16.7. The van der Waals surface area contributed by atoms with Crippen molar-refractivity contribution in [2.75, 3.05) is 0 Å². The molecule has 0 radical (unpaired) electrons. The number of nitrogens with zero attached hydrogens (tertiary/aromatic N) is 1. The highest BCUT2D eigenvalue weighted by molar-refractivity contribution is 6.14. The lowest BCUT2D eigenvalue weighted by Gasteiger charge is -2.04. The van der Waals surface area contributed by atoms with Crippen LogP contribution in [0.2, 0.25) is 0 Å². The molecule has 31 heavy (non-hydrogen) atoms. The molecule has 1 heterocycles. The van der Waals surface area contributed by atoms with Gasteiger partial charge in [-0.3, -0.25) is 5.41 Å². The lowest BCUT2D eigenvalue weighted by molar-refractivity contribution is 0.669. The SMILES string of the molecule is N=C(N=Cc1cccc2cc3oc4ccccc4c3cc12)c1ccc2ccccc2c1. The van der Waals surface area contributed by atoms with Gasteiger partial charge >= 0.3 is 0 Å². The second-order valence-electron chi connectivity index (χ2n) is 7.68. The molecule has 0 amide bonds. The molecule has 0 bridgehead atoms. The van der Waals surface area contributed by atoms with Crippen LogP contribution in [-0.2, 0) is 0 Å². The Morgan fingerprint density at radius 3 is 2.39 bits per heavy atom. The first kappa shape index (κ1) is 17.6. The Hall–Kier alpha value is -4.24. The van der Waals surface area contributed by atoms with Gasteiger partial charge < -0.3 is 4.42 Å². The lowest BCUT2D eigenvalue weighted by atomic mass is 10.0. The highest BCUT2D eigenvalue weighted by Crippen LogP contribution is 2.32. The quantitative estimate of drug-likeness (QED) is 0.241. The van der Waals surface area contributed by atoms with Crippen LogP contribution in [0.5, 0.6) is 0 Å².